The molecule has 8 nitrogen and oxygen atoms in total. The van der Waals surface area contributed by atoms with Crippen LogP contribution in [0.25, 0.3) is 0 Å². The number of hydrogen-bond acceptors (Lipinski definition) is 7. The highest BCUT2D eigenvalue weighted by molar-refractivity contribution is 6.35. The predicted octanol–water partition coefficient (Wildman–Crippen LogP) is 4.66. The van der Waals surface area contributed by atoms with Crippen molar-refractivity contribution < 1.29 is 23.8 Å². The summed E-state index contributed by atoms with van der Waals surface area (Å²) >= 11 is 11.9. The fourth-order valence-electron chi connectivity index (χ4n) is 3.48. The van der Waals surface area contributed by atoms with E-state index in [2.05, 4.69) is 5.32 Å². The Morgan fingerprint density at radius 1 is 1.21 bits per heavy atom. The molecule has 0 aliphatic carbocycles. The summed E-state index contributed by atoms with van der Waals surface area (Å²) in [6.07, 6.45) is 0. The van der Waals surface area contributed by atoms with Gasteiger partial charge < -0.3 is 25.3 Å². The van der Waals surface area contributed by atoms with E-state index in [1.165, 1.54) is 0 Å². The Morgan fingerprint density at radius 3 is 2.53 bits per heavy atom. The van der Waals surface area contributed by atoms with Gasteiger partial charge in [-0.25, -0.2) is 4.79 Å². The number of nitrogens with one attached hydrogen (secondary N) is 1. The molecule has 1 aliphatic rings. The molecule has 0 saturated carbocycles. The third-order valence-corrected chi connectivity index (χ3v) is 5.27. The van der Waals surface area contributed by atoms with Gasteiger partial charge in [-0.2, -0.15) is 5.26 Å². The number of nitrogens with zero attached hydrogens (tertiary/aromatic N) is 1. The Hall–Kier alpha value is -3.67. The number of nitriles is 1. The summed E-state index contributed by atoms with van der Waals surface area (Å²) in [7, 11) is 0. The fraction of sp³-hybridized carbons (Fsp3) is 0.208. The van der Waals surface area contributed by atoms with Gasteiger partial charge in [-0.3, -0.25) is 4.79 Å². The molecule has 0 aromatic heterocycles. The van der Waals surface area contributed by atoms with Crippen molar-refractivity contribution in [2.75, 3.05) is 18.5 Å². The molecule has 0 spiro atoms. The molecule has 0 bridgehead atoms. The molecule has 1 heterocycles. The van der Waals surface area contributed by atoms with Crippen molar-refractivity contribution in [2.24, 2.45) is 5.73 Å². The lowest BCUT2D eigenvalue weighted by molar-refractivity contribution is -0.139. The average molecular weight is 502 g/mol. The molecule has 2 aromatic carbocycles. The summed E-state index contributed by atoms with van der Waals surface area (Å²) in [5, 5.41) is 13.2. The summed E-state index contributed by atoms with van der Waals surface area (Å²) < 4.78 is 16.4. The zero-order chi connectivity index (χ0) is 24.8. The van der Waals surface area contributed by atoms with Crippen molar-refractivity contribution in [1.82, 2.24) is 0 Å². The number of amides is 1. The fourth-order valence-corrected chi connectivity index (χ4v) is 4.01. The zero-order valence-electron chi connectivity index (χ0n) is 18.4. The van der Waals surface area contributed by atoms with Gasteiger partial charge in [0, 0.05) is 21.3 Å². The van der Waals surface area contributed by atoms with Crippen molar-refractivity contribution >= 4 is 40.8 Å². The minimum absolute atomic E-state index is 0.0303. The first-order valence-corrected chi connectivity index (χ1v) is 10.9. The van der Waals surface area contributed by atoms with Gasteiger partial charge in [0.1, 0.15) is 23.2 Å². The Balaban J connectivity index is 1.90. The number of allylic oxidation sites excluding steroid dienone is 2. The smallest absolute Gasteiger partial charge is 0.338 e. The number of esters is 1. The zero-order valence-corrected chi connectivity index (χ0v) is 19.9. The molecule has 10 heteroatoms. The minimum Gasteiger partial charge on any atom is -0.483 e. The lowest BCUT2D eigenvalue weighted by atomic mass is 9.82. The van der Waals surface area contributed by atoms with Crippen LogP contribution in [0.3, 0.4) is 0 Å². The van der Waals surface area contributed by atoms with Gasteiger partial charge in [-0.15, -0.1) is 0 Å². The van der Waals surface area contributed by atoms with Crippen LogP contribution in [0.5, 0.6) is 5.75 Å². The Bertz CT molecular complexity index is 1210. The molecule has 1 atom stereocenters. The highest BCUT2D eigenvalue weighted by Crippen LogP contribution is 2.42. The van der Waals surface area contributed by atoms with E-state index >= 15 is 0 Å². The van der Waals surface area contributed by atoms with E-state index in [1.54, 1.807) is 56.3 Å². The van der Waals surface area contributed by atoms with E-state index in [0.717, 1.165) is 0 Å². The van der Waals surface area contributed by atoms with E-state index in [4.69, 9.17) is 43.1 Å². The maximum atomic E-state index is 12.7. The second-order valence-corrected chi connectivity index (χ2v) is 8.02. The number of ether oxygens (including phenoxy) is 3. The van der Waals surface area contributed by atoms with Crippen LogP contribution < -0.4 is 15.8 Å². The van der Waals surface area contributed by atoms with Gasteiger partial charge >= 0.3 is 5.97 Å². The topological polar surface area (TPSA) is 124 Å². The van der Waals surface area contributed by atoms with Gasteiger partial charge in [0.25, 0.3) is 5.91 Å². The van der Waals surface area contributed by atoms with Gasteiger partial charge in [0.2, 0.25) is 5.88 Å². The Labute approximate surface area is 206 Å². The number of hydrogen-bond donors (Lipinski definition) is 2. The lowest BCUT2D eigenvalue weighted by Gasteiger charge is -2.28. The predicted molar refractivity (Wildman–Crippen MR) is 127 cm³/mol. The van der Waals surface area contributed by atoms with Crippen molar-refractivity contribution in [3.05, 3.63) is 80.9 Å². The third-order valence-electron chi connectivity index (χ3n) is 4.84. The number of nitrogens with two attached hydrogens (primary N) is 1. The monoisotopic (exact) mass is 501 g/mol. The molecule has 2 aromatic rings. The summed E-state index contributed by atoms with van der Waals surface area (Å²) in [5.74, 6) is -1.63. The van der Waals surface area contributed by atoms with Crippen LogP contribution in [0.2, 0.25) is 10.0 Å². The number of para-hydroxylation sites is 1. The highest BCUT2D eigenvalue weighted by Gasteiger charge is 2.37. The highest BCUT2D eigenvalue weighted by atomic mass is 35.5. The van der Waals surface area contributed by atoms with E-state index < -0.39 is 17.8 Å². The normalized spacial score (nSPS) is 15.3. The summed E-state index contributed by atoms with van der Waals surface area (Å²) in [6, 6.07) is 13.4. The van der Waals surface area contributed by atoms with Crippen molar-refractivity contribution in [3.63, 3.8) is 0 Å². The molecule has 1 unspecified atom stereocenters. The quantitative estimate of drug-likeness (QED) is 0.528. The largest absolute Gasteiger partial charge is 0.483 e. The first-order valence-electron chi connectivity index (χ1n) is 10.2. The van der Waals surface area contributed by atoms with E-state index in [1.807, 2.05) is 6.07 Å². The second kappa shape index (κ2) is 11.0. The van der Waals surface area contributed by atoms with E-state index in [9.17, 15) is 14.9 Å². The lowest BCUT2D eigenvalue weighted by Crippen LogP contribution is -2.26. The van der Waals surface area contributed by atoms with E-state index in [0.29, 0.717) is 21.3 Å². The SMILES string of the molecule is CCOC(=O)C1=C(C)OC(N)=C(C#N)C1c1ccccc1OCC(=O)Nc1cc(Cl)cc(Cl)c1. The summed E-state index contributed by atoms with van der Waals surface area (Å²) in [4.78, 5) is 25.2. The molecule has 0 fully saturated rings. The van der Waals surface area contributed by atoms with Crippen LogP contribution in [-0.4, -0.2) is 25.1 Å². The van der Waals surface area contributed by atoms with Crippen LogP contribution in [0.1, 0.15) is 25.3 Å². The number of carbonyl (C=O) groups excluding carboxylic acids is 2. The standard InChI is InChI=1S/C24H21Cl2N3O5/c1-3-32-24(31)21-13(2)34-23(28)18(11-27)22(21)17-6-4-5-7-19(17)33-12-20(30)29-16-9-14(25)8-15(26)10-16/h4-10,22H,3,12,28H2,1-2H3,(H,29,30). The number of halogens is 2. The van der Waals surface area contributed by atoms with Crippen molar-refractivity contribution in [2.45, 2.75) is 19.8 Å². The van der Waals surface area contributed by atoms with Crippen LogP contribution in [0, 0.1) is 11.3 Å². The third kappa shape index (κ3) is 5.63. The van der Waals surface area contributed by atoms with Crippen LogP contribution >= 0.6 is 23.2 Å². The van der Waals surface area contributed by atoms with Crippen molar-refractivity contribution in [1.29, 1.82) is 5.26 Å². The maximum absolute atomic E-state index is 12.7. The molecule has 3 rings (SSSR count). The Morgan fingerprint density at radius 2 is 1.88 bits per heavy atom. The summed E-state index contributed by atoms with van der Waals surface area (Å²) in [5.41, 5.74) is 6.97. The number of anilines is 1. The minimum atomic E-state index is -0.899. The van der Waals surface area contributed by atoms with Crippen LogP contribution in [0.15, 0.2) is 65.3 Å². The maximum Gasteiger partial charge on any atom is 0.338 e. The summed E-state index contributed by atoms with van der Waals surface area (Å²) in [6.45, 7) is 3.01. The van der Waals surface area contributed by atoms with Crippen molar-refractivity contribution in [3.8, 4) is 11.8 Å². The first kappa shape index (κ1) is 25.0. The molecular formula is C24H21Cl2N3O5. The first-order chi connectivity index (χ1) is 16.2. The molecule has 1 amide bonds. The number of benzene rings is 2. The van der Waals surface area contributed by atoms with Gasteiger partial charge in [0.15, 0.2) is 6.61 Å². The average Bonchev–Trinajstić information content (AvgIpc) is 2.77. The van der Waals surface area contributed by atoms with E-state index in [-0.39, 0.29) is 41.8 Å². The molecule has 0 radical (unpaired) electrons. The van der Waals surface area contributed by atoms with Crippen LogP contribution in [0.4, 0.5) is 5.69 Å². The molecular weight excluding hydrogens is 481 g/mol. The molecule has 176 valence electrons. The second-order valence-electron chi connectivity index (χ2n) is 7.15. The van der Waals surface area contributed by atoms with Gasteiger partial charge in [0.05, 0.1) is 18.1 Å². The molecule has 34 heavy (non-hydrogen) atoms. The molecule has 3 N–H and O–H groups in total. The van der Waals surface area contributed by atoms with Gasteiger partial charge in [-0.05, 0) is 38.1 Å². The van der Waals surface area contributed by atoms with Gasteiger partial charge in [-0.1, -0.05) is 41.4 Å². The Kier molecular flexibility index (Phi) is 8.05. The van der Waals surface area contributed by atoms with Crippen LogP contribution in [-0.2, 0) is 19.1 Å². The molecule has 1 aliphatic heterocycles. The number of rotatable bonds is 7. The number of carbonyl (C=O) groups is 2. The molecule has 0 saturated heterocycles.